The summed E-state index contributed by atoms with van der Waals surface area (Å²) in [5.41, 5.74) is 2.25. The van der Waals surface area contributed by atoms with E-state index in [2.05, 4.69) is 44.4 Å². The average Bonchev–Trinajstić information content (AvgIpc) is 3.32. The van der Waals surface area contributed by atoms with Crippen molar-refractivity contribution in [3.63, 3.8) is 0 Å². The zero-order chi connectivity index (χ0) is 26.5. The number of rotatable bonds is 7. The van der Waals surface area contributed by atoms with Crippen LogP contribution in [0.15, 0.2) is 48.9 Å². The molecule has 2 atom stereocenters. The lowest BCUT2D eigenvalue weighted by atomic mass is 10.1. The standard InChI is InChI=1S/C26H34N8O3/c1-17(2)15-37-26(36)30-22-8-6-21(7-9-22)29-25-28-16-33(31-25)23-10-11-27-24(12-23)32-13-18(3)34(20(5)35)19(4)14-32/h6-12,16-19H,13-15H2,1-5H3,(H,29,31)(H,30,36)/t18-,19+. The van der Waals surface area contributed by atoms with Gasteiger partial charge in [-0.15, -0.1) is 5.10 Å². The third-order valence-electron chi connectivity index (χ3n) is 6.03. The Morgan fingerprint density at radius 3 is 2.38 bits per heavy atom. The minimum atomic E-state index is -0.476. The van der Waals surface area contributed by atoms with Crippen LogP contribution in [0.2, 0.25) is 0 Å². The van der Waals surface area contributed by atoms with Crippen LogP contribution in [0.5, 0.6) is 0 Å². The van der Waals surface area contributed by atoms with Gasteiger partial charge in [0.1, 0.15) is 12.1 Å². The van der Waals surface area contributed by atoms with Gasteiger partial charge in [-0.3, -0.25) is 10.1 Å². The van der Waals surface area contributed by atoms with Crippen LogP contribution in [0, 0.1) is 5.92 Å². The highest BCUT2D eigenvalue weighted by Crippen LogP contribution is 2.23. The fraction of sp³-hybridized carbons (Fsp3) is 0.423. The Hall–Kier alpha value is -4.15. The summed E-state index contributed by atoms with van der Waals surface area (Å²) in [6, 6.07) is 11.2. The number of aromatic nitrogens is 4. The fourth-order valence-electron chi connectivity index (χ4n) is 4.46. The second kappa shape index (κ2) is 11.3. The number of carbonyl (C=O) groups excluding carboxylic acids is 2. The molecule has 37 heavy (non-hydrogen) atoms. The summed E-state index contributed by atoms with van der Waals surface area (Å²) in [6.07, 6.45) is 2.92. The molecule has 1 aliphatic rings. The van der Waals surface area contributed by atoms with Crippen molar-refractivity contribution in [2.24, 2.45) is 5.92 Å². The lowest BCUT2D eigenvalue weighted by Gasteiger charge is -2.44. The normalized spacial score (nSPS) is 17.6. The number of hydrogen-bond acceptors (Lipinski definition) is 8. The molecule has 1 saturated heterocycles. The van der Waals surface area contributed by atoms with E-state index in [1.807, 2.05) is 43.0 Å². The fourth-order valence-corrected chi connectivity index (χ4v) is 4.46. The van der Waals surface area contributed by atoms with Gasteiger partial charge in [0.2, 0.25) is 11.9 Å². The molecule has 0 bridgehead atoms. The molecule has 2 N–H and O–H groups in total. The van der Waals surface area contributed by atoms with Crippen molar-refractivity contribution in [2.75, 3.05) is 35.2 Å². The zero-order valence-corrected chi connectivity index (χ0v) is 21.9. The van der Waals surface area contributed by atoms with Crippen LogP contribution in [0.3, 0.4) is 0 Å². The predicted molar refractivity (Wildman–Crippen MR) is 142 cm³/mol. The number of amides is 2. The molecule has 0 radical (unpaired) electrons. The van der Waals surface area contributed by atoms with Crippen molar-refractivity contribution in [1.29, 1.82) is 0 Å². The number of carbonyl (C=O) groups is 2. The molecule has 4 rings (SSSR count). The highest BCUT2D eigenvalue weighted by atomic mass is 16.5. The molecule has 11 nitrogen and oxygen atoms in total. The van der Waals surface area contributed by atoms with Gasteiger partial charge in [0.05, 0.1) is 12.3 Å². The molecule has 1 aromatic carbocycles. The lowest BCUT2D eigenvalue weighted by molar-refractivity contribution is -0.133. The van der Waals surface area contributed by atoms with Gasteiger partial charge in [-0.25, -0.2) is 14.5 Å². The Bertz CT molecular complexity index is 1210. The van der Waals surface area contributed by atoms with E-state index in [1.165, 1.54) is 0 Å². The number of ether oxygens (including phenoxy) is 1. The topological polar surface area (TPSA) is 118 Å². The Morgan fingerprint density at radius 2 is 1.73 bits per heavy atom. The minimum Gasteiger partial charge on any atom is -0.449 e. The first-order chi connectivity index (χ1) is 17.7. The molecule has 0 saturated carbocycles. The second-order valence-electron chi connectivity index (χ2n) is 9.73. The summed E-state index contributed by atoms with van der Waals surface area (Å²) in [6.45, 7) is 11.5. The third-order valence-corrected chi connectivity index (χ3v) is 6.03. The van der Waals surface area contributed by atoms with E-state index in [9.17, 15) is 9.59 Å². The predicted octanol–water partition coefficient (Wildman–Crippen LogP) is 4.06. The summed E-state index contributed by atoms with van der Waals surface area (Å²) < 4.78 is 6.83. The van der Waals surface area contributed by atoms with Crippen LogP contribution in [-0.4, -0.2) is 68.4 Å². The summed E-state index contributed by atoms with van der Waals surface area (Å²) in [7, 11) is 0. The number of hydrogen-bond donors (Lipinski definition) is 2. The molecule has 0 unspecified atom stereocenters. The molecular formula is C26H34N8O3. The lowest BCUT2D eigenvalue weighted by Crippen LogP contribution is -2.58. The van der Waals surface area contributed by atoms with E-state index >= 15 is 0 Å². The molecule has 196 valence electrons. The van der Waals surface area contributed by atoms with Crippen molar-refractivity contribution < 1.29 is 14.3 Å². The Labute approximate surface area is 216 Å². The summed E-state index contributed by atoms with van der Waals surface area (Å²) >= 11 is 0. The number of nitrogens with one attached hydrogen (secondary N) is 2. The van der Waals surface area contributed by atoms with Crippen LogP contribution in [0.25, 0.3) is 5.69 Å². The van der Waals surface area contributed by atoms with E-state index in [4.69, 9.17) is 4.74 Å². The van der Waals surface area contributed by atoms with Gasteiger partial charge in [0, 0.05) is 55.7 Å². The molecular weight excluding hydrogens is 472 g/mol. The van der Waals surface area contributed by atoms with E-state index in [0.29, 0.717) is 31.3 Å². The maximum absolute atomic E-state index is 12.0. The maximum Gasteiger partial charge on any atom is 0.411 e. The first-order valence-corrected chi connectivity index (χ1v) is 12.4. The monoisotopic (exact) mass is 506 g/mol. The summed E-state index contributed by atoms with van der Waals surface area (Å²) in [5.74, 6) is 1.64. The van der Waals surface area contributed by atoms with Crippen LogP contribution in [0.1, 0.15) is 34.6 Å². The average molecular weight is 507 g/mol. The van der Waals surface area contributed by atoms with Gasteiger partial charge in [-0.2, -0.15) is 4.98 Å². The van der Waals surface area contributed by atoms with Gasteiger partial charge in [-0.05, 0) is 50.1 Å². The first kappa shape index (κ1) is 25.9. The van der Waals surface area contributed by atoms with Crippen molar-refractivity contribution >= 4 is 35.1 Å². The molecule has 3 aromatic rings. The Kier molecular flexibility index (Phi) is 7.90. The van der Waals surface area contributed by atoms with Crippen LogP contribution in [0.4, 0.5) is 27.9 Å². The SMILES string of the molecule is CC(=O)N1[C@H](C)CN(c2cc(-n3cnc(Nc4ccc(NC(=O)OCC(C)C)cc4)n3)ccn2)C[C@@H]1C. The third kappa shape index (κ3) is 6.54. The number of nitrogens with zero attached hydrogens (tertiary/aromatic N) is 6. The van der Waals surface area contributed by atoms with Gasteiger partial charge >= 0.3 is 6.09 Å². The van der Waals surface area contributed by atoms with Crippen molar-refractivity contribution in [2.45, 2.75) is 46.7 Å². The van der Waals surface area contributed by atoms with Gasteiger partial charge in [-0.1, -0.05) is 13.8 Å². The molecule has 1 fully saturated rings. The highest BCUT2D eigenvalue weighted by molar-refractivity contribution is 5.84. The summed E-state index contributed by atoms with van der Waals surface area (Å²) in [5, 5.41) is 10.4. The molecule has 0 aliphatic carbocycles. The molecule has 11 heteroatoms. The second-order valence-corrected chi connectivity index (χ2v) is 9.73. The van der Waals surface area contributed by atoms with Crippen molar-refractivity contribution in [3.05, 3.63) is 48.9 Å². The molecule has 0 spiro atoms. The number of piperazine rings is 1. The highest BCUT2D eigenvalue weighted by Gasteiger charge is 2.31. The van der Waals surface area contributed by atoms with E-state index in [-0.39, 0.29) is 23.9 Å². The van der Waals surface area contributed by atoms with E-state index in [1.54, 1.807) is 36.3 Å². The Balaban J connectivity index is 1.39. The van der Waals surface area contributed by atoms with Crippen LogP contribution in [-0.2, 0) is 9.53 Å². The Morgan fingerprint density at radius 1 is 1.05 bits per heavy atom. The number of anilines is 4. The smallest absolute Gasteiger partial charge is 0.411 e. The minimum absolute atomic E-state index is 0.0963. The zero-order valence-electron chi connectivity index (χ0n) is 21.9. The molecule has 3 heterocycles. The van der Waals surface area contributed by atoms with Gasteiger partial charge < -0.3 is 19.9 Å². The largest absolute Gasteiger partial charge is 0.449 e. The van der Waals surface area contributed by atoms with Crippen molar-refractivity contribution in [1.82, 2.24) is 24.6 Å². The van der Waals surface area contributed by atoms with Crippen molar-refractivity contribution in [3.8, 4) is 5.69 Å². The quantitative estimate of drug-likeness (QED) is 0.493. The molecule has 1 aliphatic heterocycles. The summed E-state index contributed by atoms with van der Waals surface area (Å²) in [4.78, 5) is 36.9. The van der Waals surface area contributed by atoms with Crippen LogP contribution < -0.4 is 15.5 Å². The van der Waals surface area contributed by atoms with Crippen LogP contribution >= 0.6 is 0 Å². The first-order valence-electron chi connectivity index (χ1n) is 12.4. The van der Waals surface area contributed by atoms with Gasteiger partial charge in [0.15, 0.2) is 0 Å². The maximum atomic E-state index is 12.0. The van der Waals surface area contributed by atoms with Gasteiger partial charge in [0.25, 0.3) is 0 Å². The molecule has 2 amide bonds. The number of benzene rings is 1. The number of pyridine rings is 1. The van der Waals surface area contributed by atoms with E-state index in [0.717, 1.165) is 17.2 Å². The van der Waals surface area contributed by atoms with E-state index < -0.39 is 6.09 Å². The molecule has 2 aromatic heterocycles.